The molecule has 2 nitrogen and oxygen atoms in total. The summed E-state index contributed by atoms with van der Waals surface area (Å²) in [7, 11) is 1.79. The summed E-state index contributed by atoms with van der Waals surface area (Å²) in [4.78, 5) is 2.84. The Morgan fingerprint density at radius 1 is 1.44 bits per heavy atom. The third-order valence-electron chi connectivity index (χ3n) is 3.28. The number of thiophene rings is 1. The molecule has 1 aromatic rings. The van der Waals surface area contributed by atoms with Gasteiger partial charge in [-0.3, -0.25) is 0 Å². The SMILES string of the molecule is CCc1ccc(CC(N)C(OC)C2CC2)s1. The van der Waals surface area contributed by atoms with Gasteiger partial charge in [-0.25, -0.2) is 0 Å². The molecule has 0 amide bonds. The Kier molecular flexibility index (Phi) is 4.00. The summed E-state index contributed by atoms with van der Waals surface area (Å²) in [6, 6.07) is 4.58. The lowest BCUT2D eigenvalue weighted by molar-refractivity contribution is 0.0629. The van der Waals surface area contributed by atoms with Gasteiger partial charge in [-0.1, -0.05) is 6.92 Å². The normalized spacial score (nSPS) is 19.7. The summed E-state index contributed by atoms with van der Waals surface area (Å²) in [5.41, 5.74) is 6.23. The van der Waals surface area contributed by atoms with Gasteiger partial charge < -0.3 is 10.5 Å². The first kappa shape index (κ1) is 12.1. The van der Waals surface area contributed by atoms with Crippen LogP contribution < -0.4 is 5.73 Å². The highest BCUT2D eigenvalue weighted by Crippen LogP contribution is 2.36. The Morgan fingerprint density at radius 3 is 2.62 bits per heavy atom. The van der Waals surface area contributed by atoms with Gasteiger partial charge in [0.25, 0.3) is 0 Å². The fourth-order valence-electron chi connectivity index (χ4n) is 2.21. The fourth-order valence-corrected chi connectivity index (χ4v) is 3.24. The van der Waals surface area contributed by atoms with E-state index >= 15 is 0 Å². The largest absolute Gasteiger partial charge is 0.380 e. The van der Waals surface area contributed by atoms with Gasteiger partial charge in [-0.2, -0.15) is 0 Å². The van der Waals surface area contributed by atoms with Gasteiger partial charge in [-0.05, 0) is 43.7 Å². The number of methoxy groups -OCH3 is 1. The standard InChI is InChI=1S/C13H21NOS/c1-3-10-6-7-11(16-10)8-12(14)13(15-2)9-4-5-9/h6-7,9,12-13H,3-5,8,14H2,1-2H3. The predicted octanol–water partition coefficient (Wildman–Crippen LogP) is 2.61. The topological polar surface area (TPSA) is 35.2 Å². The Morgan fingerprint density at radius 2 is 2.12 bits per heavy atom. The second-order valence-corrected chi connectivity index (χ2v) is 5.88. The number of hydrogen-bond acceptors (Lipinski definition) is 3. The first-order chi connectivity index (χ1) is 7.74. The van der Waals surface area contributed by atoms with Gasteiger partial charge in [0, 0.05) is 22.9 Å². The quantitative estimate of drug-likeness (QED) is 0.828. The molecule has 3 heteroatoms. The molecular formula is C13H21NOS. The van der Waals surface area contributed by atoms with Crippen molar-refractivity contribution in [1.29, 1.82) is 0 Å². The van der Waals surface area contributed by atoms with Crippen LogP contribution in [0.25, 0.3) is 0 Å². The Bertz CT molecular complexity index is 332. The monoisotopic (exact) mass is 239 g/mol. The molecular weight excluding hydrogens is 218 g/mol. The van der Waals surface area contributed by atoms with E-state index in [1.54, 1.807) is 7.11 Å². The average molecular weight is 239 g/mol. The zero-order valence-corrected chi connectivity index (χ0v) is 10.9. The summed E-state index contributed by atoms with van der Waals surface area (Å²) in [6.45, 7) is 2.19. The third-order valence-corrected chi connectivity index (χ3v) is 4.54. The molecule has 0 bridgehead atoms. The molecule has 2 N–H and O–H groups in total. The zero-order valence-electron chi connectivity index (χ0n) is 10.1. The first-order valence-corrected chi connectivity index (χ1v) is 6.92. The van der Waals surface area contributed by atoms with Crippen LogP contribution in [0.2, 0.25) is 0 Å². The van der Waals surface area contributed by atoms with Gasteiger partial charge in [-0.15, -0.1) is 11.3 Å². The number of nitrogens with two attached hydrogens (primary N) is 1. The summed E-state index contributed by atoms with van der Waals surface area (Å²) >= 11 is 1.89. The van der Waals surface area contributed by atoms with Crippen LogP contribution in [0.1, 0.15) is 29.5 Å². The summed E-state index contributed by atoms with van der Waals surface area (Å²) in [5, 5.41) is 0. The predicted molar refractivity (Wildman–Crippen MR) is 68.9 cm³/mol. The highest BCUT2D eigenvalue weighted by molar-refractivity contribution is 7.11. The van der Waals surface area contributed by atoms with Crippen molar-refractivity contribution in [2.75, 3.05) is 7.11 Å². The Balaban J connectivity index is 1.92. The summed E-state index contributed by atoms with van der Waals surface area (Å²) < 4.78 is 5.52. The van der Waals surface area contributed by atoms with Gasteiger partial charge in [0.15, 0.2) is 0 Å². The van der Waals surface area contributed by atoms with Crippen molar-refractivity contribution in [2.24, 2.45) is 11.7 Å². The highest BCUT2D eigenvalue weighted by atomic mass is 32.1. The van der Waals surface area contributed by atoms with E-state index in [0.29, 0.717) is 5.92 Å². The molecule has 1 saturated carbocycles. The second kappa shape index (κ2) is 5.30. The van der Waals surface area contributed by atoms with Crippen molar-refractivity contribution in [3.63, 3.8) is 0 Å². The van der Waals surface area contributed by atoms with Crippen molar-refractivity contribution in [2.45, 2.75) is 44.8 Å². The molecule has 1 aliphatic rings. The average Bonchev–Trinajstić information content (AvgIpc) is 2.99. The van der Waals surface area contributed by atoms with Crippen LogP contribution in [0, 0.1) is 5.92 Å². The van der Waals surface area contributed by atoms with Crippen LogP contribution in [-0.2, 0) is 17.6 Å². The second-order valence-electron chi connectivity index (χ2n) is 4.63. The molecule has 2 rings (SSSR count). The molecule has 0 spiro atoms. The van der Waals surface area contributed by atoms with E-state index in [2.05, 4.69) is 19.1 Å². The molecule has 1 aromatic heterocycles. The lowest BCUT2D eigenvalue weighted by Crippen LogP contribution is -2.39. The molecule has 0 aromatic carbocycles. The maximum Gasteiger partial charge on any atom is 0.0753 e. The van der Waals surface area contributed by atoms with E-state index in [-0.39, 0.29) is 12.1 Å². The van der Waals surface area contributed by atoms with Crippen LogP contribution in [0.3, 0.4) is 0 Å². The molecule has 0 aliphatic heterocycles. The molecule has 0 saturated heterocycles. The Hall–Kier alpha value is -0.380. The number of hydrogen-bond donors (Lipinski definition) is 1. The van der Waals surface area contributed by atoms with E-state index in [4.69, 9.17) is 10.5 Å². The van der Waals surface area contributed by atoms with Crippen LogP contribution in [0.5, 0.6) is 0 Å². The van der Waals surface area contributed by atoms with Crippen molar-refractivity contribution in [3.05, 3.63) is 21.9 Å². The number of aryl methyl sites for hydroxylation is 1. The smallest absolute Gasteiger partial charge is 0.0753 e. The van der Waals surface area contributed by atoms with Crippen LogP contribution in [0.4, 0.5) is 0 Å². The molecule has 1 heterocycles. The minimum atomic E-state index is 0.154. The van der Waals surface area contributed by atoms with Crippen LogP contribution in [-0.4, -0.2) is 19.3 Å². The molecule has 0 radical (unpaired) electrons. The fraction of sp³-hybridized carbons (Fsp3) is 0.692. The number of rotatable bonds is 6. The molecule has 1 aliphatic carbocycles. The zero-order chi connectivity index (χ0) is 11.5. The van der Waals surface area contributed by atoms with Gasteiger partial charge >= 0.3 is 0 Å². The van der Waals surface area contributed by atoms with E-state index in [0.717, 1.165) is 12.8 Å². The van der Waals surface area contributed by atoms with Crippen LogP contribution >= 0.6 is 11.3 Å². The molecule has 1 fully saturated rings. The highest BCUT2D eigenvalue weighted by Gasteiger charge is 2.35. The maximum absolute atomic E-state index is 6.23. The van der Waals surface area contributed by atoms with Crippen molar-refractivity contribution in [3.8, 4) is 0 Å². The van der Waals surface area contributed by atoms with Gasteiger partial charge in [0.1, 0.15) is 0 Å². The lowest BCUT2D eigenvalue weighted by atomic mass is 10.0. The molecule has 2 unspecified atom stereocenters. The maximum atomic E-state index is 6.23. The van der Waals surface area contributed by atoms with E-state index < -0.39 is 0 Å². The summed E-state index contributed by atoms with van der Waals surface area (Å²) in [6.07, 6.45) is 4.91. The van der Waals surface area contributed by atoms with Gasteiger partial charge in [0.2, 0.25) is 0 Å². The van der Waals surface area contributed by atoms with Gasteiger partial charge in [0.05, 0.1) is 6.10 Å². The molecule has 90 valence electrons. The Labute approximate surface area is 102 Å². The van der Waals surface area contributed by atoms with Crippen molar-refractivity contribution < 1.29 is 4.74 Å². The van der Waals surface area contributed by atoms with Crippen molar-refractivity contribution in [1.82, 2.24) is 0 Å². The summed E-state index contributed by atoms with van der Waals surface area (Å²) in [5.74, 6) is 0.714. The first-order valence-electron chi connectivity index (χ1n) is 6.10. The minimum Gasteiger partial charge on any atom is -0.380 e. The molecule has 2 atom stereocenters. The van der Waals surface area contributed by atoms with E-state index in [1.807, 2.05) is 11.3 Å². The van der Waals surface area contributed by atoms with Crippen LogP contribution in [0.15, 0.2) is 12.1 Å². The third kappa shape index (κ3) is 2.84. The van der Waals surface area contributed by atoms with E-state index in [1.165, 1.54) is 22.6 Å². The minimum absolute atomic E-state index is 0.154. The van der Waals surface area contributed by atoms with Crippen molar-refractivity contribution >= 4 is 11.3 Å². The number of ether oxygens (including phenoxy) is 1. The lowest BCUT2D eigenvalue weighted by Gasteiger charge is -2.21. The molecule has 16 heavy (non-hydrogen) atoms. The van der Waals surface area contributed by atoms with E-state index in [9.17, 15) is 0 Å².